The Balaban J connectivity index is 3.16. The minimum atomic E-state index is -0.425. The molecule has 0 amide bonds. The van der Waals surface area contributed by atoms with Gasteiger partial charge in [-0.25, -0.2) is 4.79 Å². The van der Waals surface area contributed by atoms with Gasteiger partial charge in [0.15, 0.2) is 0 Å². The smallest absolute Gasteiger partial charge is 0.304 e. The second-order valence-electron chi connectivity index (χ2n) is 2.82. The molecule has 1 N–H and O–H groups in total. The van der Waals surface area contributed by atoms with Gasteiger partial charge in [-0.1, -0.05) is 0 Å². The molecular formula is C7H8N4O2. The third kappa shape index (κ3) is 0.915. The van der Waals surface area contributed by atoms with Gasteiger partial charge in [-0.15, -0.1) is 0 Å². The average Bonchev–Trinajstić information content (AvgIpc) is 2.43. The zero-order valence-electron chi connectivity index (χ0n) is 7.24. The number of rotatable bonds is 0. The molecule has 2 rings (SSSR count). The summed E-state index contributed by atoms with van der Waals surface area (Å²) < 4.78 is 2.46. The van der Waals surface area contributed by atoms with Gasteiger partial charge in [0.1, 0.15) is 5.52 Å². The van der Waals surface area contributed by atoms with Crippen LogP contribution < -0.4 is 11.2 Å². The molecule has 0 bridgehead atoms. The normalized spacial score (nSPS) is 10.9. The Morgan fingerprint density at radius 1 is 1.38 bits per heavy atom. The number of hydrogen-bond acceptors (Lipinski definition) is 3. The predicted molar refractivity (Wildman–Crippen MR) is 46.6 cm³/mol. The zero-order chi connectivity index (χ0) is 9.59. The highest BCUT2D eigenvalue weighted by Gasteiger charge is 2.07. The first-order valence-electron chi connectivity index (χ1n) is 3.72. The standard InChI is InChI=1S/C7H8N4O2/c1-10-6(12)5-4(9-7(10)13)3-8-11(5)2/h3H,1-2H3,(H,9,13). The fourth-order valence-corrected chi connectivity index (χ4v) is 1.23. The number of aryl methyl sites for hydroxylation is 1. The molecule has 0 aliphatic carbocycles. The van der Waals surface area contributed by atoms with Crippen LogP contribution in [-0.2, 0) is 14.1 Å². The third-order valence-corrected chi connectivity index (χ3v) is 1.99. The van der Waals surface area contributed by atoms with E-state index in [1.807, 2.05) is 0 Å². The van der Waals surface area contributed by atoms with Crippen LogP contribution in [0.1, 0.15) is 0 Å². The number of fused-ring (bicyclic) bond motifs is 1. The van der Waals surface area contributed by atoms with Gasteiger partial charge >= 0.3 is 5.69 Å². The number of H-pyrrole nitrogens is 1. The lowest BCUT2D eigenvalue weighted by Crippen LogP contribution is -2.32. The quantitative estimate of drug-likeness (QED) is 0.562. The van der Waals surface area contributed by atoms with Crippen molar-refractivity contribution in [2.24, 2.45) is 14.1 Å². The SMILES string of the molecule is Cn1c(=O)[nH]c2cnn(C)c2c1=O. The lowest BCUT2D eigenvalue weighted by molar-refractivity contribution is 0.757. The summed E-state index contributed by atoms with van der Waals surface area (Å²) in [6.07, 6.45) is 1.46. The molecule has 0 saturated heterocycles. The Kier molecular flexibility index (Phi) is 1.39. The van der Waals surface area contributed by atoms with Crippen LogP contribution in [0.4, 0.5) is 0 Å². The first kappa shape index (κ1) is 7.78. The van der Waals surface area contributed by atoms with Gasteiger partial charge in [-0.2, -0.15) is 5.10 Å². The van der Waals surface area contributed by atoms with Crippen molar-refractivity contribution in [3.8, 4) is 0 Å². The van der Waals surface area contributed by atoms with Gasteiger partial charge in [0.25, 0.3) is 5.56 Å². The minimum absolute atomic E-state index is 0.334. The summed E-state index contributed by atoms with van der Waals surface area (Å²) in [5.41, 5.74) is 0.113. The van der Waals surface area contributed by atoms with Gasteiger partial charge in [-0.05, 0) is 0 Å². The van der Waals surface area contributed by atoms with E-state index < -0.39 is 5.69 Å². The van der Waals surface area contributed by atoms with E-state index in [0.29, 0.717) is 11.0 Å². The molecule has 13 heavy (non-hydrogen) atoms. The van der Waals surface area contributed by atoms with Gasteiger partial charge in [0.2, 0.25) is 0 Å². The van der Waals surface area contributed by atoms with E-state index in [2.05, 4.69) is 10.1 Å². The number of hydrogen-bond donors (Lipinski definition) is 1. The zero-order valence-corrected chi connectivity index (χ0v) is 7.24. The van der Waals surface area contributed by atoms with Gasteiger partial charge in [-0.3, -0.25) is 14.0 Å². The van der Waals surface area contributed by atoms with E-state index in [-0.39, 0.29) is 5.56 Å². The molecule has 2 aromatic rings. The molecule has 0 fully saturated rings. The summed E-state index contributed by atoms with van der Waals surface area (Å²) in [7, 11) is 3.08. The van der Waals surface area contributed by atoms with Crippen LogP contribution >= 0.6 is 0 Å². The molecule has 0 radical (unpaired) electrons. The van der Waals surface area contributed by atoms with Crippen molar-refractivity contribution >= 4 is 11.0 Å². The maximum absolute atomic E-state index is 11.5. The molecule has 2 aromatic heterocycles. The van der Waals surface area contributed by atoms with Crippen LogP contribution in [-0.4, -0.2) is 19.3 Å². The van der Waals surface area contributed by atoms with E-state index in [9.17, 15) is 9.59 Å². The Hall–Kier alpha value is -1.85. The molecule has 6 nitrogen and oxygen atoms in total. The lowest BCUT2D eigenvalue weighted by atomic mass is 10.4. The van der Waals surface area contributed by atoms with Crippen LogP contribution in [0.2, 0.25) is 0 Å². The van der Waals surface area contributed by atoms with Crippen LogP contribution in [0.5, 0.6) is 0 Å². The highest BCUT2D eigenvalue weighted by Crippen LogP contribution is 1.99. The van der Waals surface area contributed by atoms with E-state index in [1.54, 1.807) is 7.05 Å². The molecule has 0 spiro atoms. The monoisotopic (exact) mass is 180 g/mol. The van der Waals surface area contributed by atoms with Gasteiger partial charge < -0.3 is 4.98 Å². The summed E-state index contributed by atoms with van der Waals surface area (Å²) in [6.45, 7) is 0. The molecule has 0 saturated carbocycles. The molecule has 0 aliphatic heterocycles. The minimum Gasteiger partial charge on any atom is -0.304 e. The molecule has 0 unspecified atom stereocenters. The average molecular weight is 180 g/mol. The highest BCUT2D eigenvalue weighted by molar-refractivity contribution is 5.72. The van der Waals surface area contributed by atoms with Gasteiger partial charge in [0.05, 0.1) is 11.7 Å². The van der Waals surface area contributed by atoms with Crippen LogP contribution in [0.3, 0.4) is 0 Å². The molecule has 68 valence electrons. The fourth-order valence-electron chi connectivity index (χ4n) is 1.23. The molecule has 6 heteroatoms. The first-order chi connectivity index (χ1) is 6.11. The van der Waals surface area contributed by atoms with E-state index in [4.69, 9.17) is 0 Å². The summed E-state index contributed by atoms with van der Waals surface area (Å²) in [6, 6.07) is 0. The van der Waals surface area contributed by atoms with Crippen molar-refractivity contribution in [1.82, 2.24) is 19.3 Å². The number of nitrogens with zero attached hydrogens (tertiary/aromatic N) is 3. The van der Waals surface area contributed by atoms with Crippen LogP contribution in [0.25, 0.3) is 11.0 Å². The highest BCUT2D eigenvalue weighted by atomic mass is 16.2. The van der Waals surface area contributed by atoms with Crippen molar-refractivity contribution in [2.45, 2.75) is 0 Å². The summed E-state index contributed by atoms with van der Waals surface area (Å²) in [5.74, 6) is 0. The molecule has 0 atom stereocenters. The van der Waals surface area contributed by atoms with Crippen molar-refractivity contribution in [3.05, 3.63) is 27.0 Å². The summed E-state index contributed by atoms with van der Waals surface area (Å²) in [5, 5.41) is 3.87. The maximum Gasteiger partial charge on any atom is 0.328 e. The molecular weight excluding hydrogens is 172 g/mol. The molecule has 2 heterocycles. The van der Waals surface area contributed by atoms with Crippen molar-refractivity contribution < 1.29 is 0 Å². The van der Waals surface area contributed by atoms with Crippen LogP contribution in [0.15, 0.2) is 15.8 Å². The van der Waals surface area contributed by atoms with E-state index >= 15 is 0 Å². The van der Waals surface area contributed by atoms with Gasteiger partial charge in [0, 0.05) is 14.1 Å². The largest absolute Gasteiger partial charge is 0.328 e. The number of aromatic amines is 1. The molecule has 0 aliphatic rings. The lowest BCUT2D eigenvalue weighted by Gasteiger charge is -1.96. The van der Waals surface area contributed by atoms with E-state index in [1.165, 1.54) is 17.9 Å². The summed E-state index contributed by atoms with van der Waals surface area (Å²) >= 11 is 0. The first-order valence-corrected chi connectivity index (χ1v) is 3.72. The fraction of sp³-hybridized carbons (Fsp3) is 0.286. The number of aromatic nitrogens is 4. The molecule has 0 aromatic carbocycles. The number of nitrogens with one attached hydrogen (secondary N) is 1. The Bertz CT molecular complexity index is 574. The van der Waals surface area contributed by atoms with E-state index in [0.717, 1.165) is 4.57 Å². The second kappa shape index (κ2) is 2.32. The van der Waals surface area contributed by atoms with Crippen molar-refractivity contribution in [3.63, 3.8) is 0 Å². The Morgan fingerprint density at radius 3 is 2.77 bits per heavy atom. The summed E-state index contributed by atoms with van der Waals surface area (Å²) in [4.78, 5) is 25.2. The second-order valence-corrected chi connectivity index (χ2v) is 2.82. The third-order valence-electron chi connectivity index (χ3n) is 1.99. The Morgan fingerprint density at radius 2 is 2.08 bits per heavy atom. The van der Waals surface area contributed by atoms with Crippen LogP contribution in [0, 0.1) is 0 Å². The Labute approximate surface area is 72.4 Å². The maximum atomic E-state index is 11.5. The van der Waals surface area contributed by atoms with Crippen molar-refractivity contribution in [2.75, 3.05) is 0 Å². The van der Waals surface area contributed by atoms with Crippen molar-refractivity contribution in [1.29, 1.82) is 0 Å². The predicted octanol–water partition coefficient (Wildman–Crippen LogP) is -1.04. The topological polar surface area (TPSA) is 72.7 Å².